The molecule has 2 aromatic carbocycles. The number of aryl methyl sites for hydroxylation is 1. The molecule has 0 aliphatic rings. The Bertz CT molecular complexity index is 624. The maximum atomic E-state index is 12.3. The van der Waals surface area contributed by atoms with E-state index in [0.717, 1.165) is 23.1 Å². The van der Waals surface area contributed by atoms with E-state index in [-0.39, 0.29) is 5.78 Å². The molecule has 0 N–H and O–H groups in total. The molecule has 0 atom stereocenters. The molecule has 0 fully saturated rings. The summed E-state index contributed by atoms with van der Waals surface area (Å²) < 4.78 is 0.869. The summed E-state index contributed by atoms with van der Waals surface area (Å²) >= 11 is 3.44. The standard InChI is InChI=1S/C18H20BrNO/c1-3-20(15-8-6-7-14(2)13-15)12-11-18(21)16-9-4-5-10-17(16)19/h4-10,13H,3,11-12H2,1-2H3. The van der Waals surface area contributed by atoms with Crippen LogP contribution >= 0.6 is 15.9 Å². The Morgan fingerprint density at radius 3 is 2.57 bits per heavy atom. The molecule has 2 aromatic rings. The molecule has 0 aromatic heterocycles. The van der Waals surface area contributed by atoms with Crippen molar-refractivity contribution >= 4 is 27.4 Å². The molecule has 3 heteroatoms. The van der Waals surface area contributed by atoms with Crippen LogP contribution in [0.15, 0.2) is 53.0 Å². The van der Waals surface area contributed by atoms with Gasteiger partial charge in [-0.1, -0.05) is 46.3 Å². The monoisotopic (exact) mass is 345 g/mol. The van der Waals surface area contributed by atoms with Crippen LogP contribution in [0.1, 0.15) is 29.3 Å². The fourth-order valence-electron chi connectivity index (χ4n) is 2.35. The number of carbonyl (C=O) groups excluding carboxylic acids is 1. The van der Waals surface area contributed by atoms with Crippen molar-refractivity contribution < 1.29 is 4.79 Å². The third kappa shape index (κ3) is 4.18. The third-order valence-corrected chi connectivity index (χ3v) is 4.22. The summed E-state index contributed by atoms with van der Waals surface area (Å²) in [7, 11) is 0. The Morgan fingerprint density at radius 2 is 1.90 bits per heavy atom. The third-order valence-electron chi connectivity index (χ3n) is 3.53. The summed E-state index contributed by atoms with van der Waals surface area (Å²) in [5.74, 6) is 0.175. The molecule has 0 spiro atoms. The normalized spacial score (nSPS) is 10.4. The van der Waals surface area contributed by atoms with E-state index in [1.807, 2.05) is 24.3 Å². The van der Waals surface area contributed by atoms with Crippen molar-refractivity contribution in [3.8, 4) is 0 Å². The van der Waals surface area contributed by atoms with E-state index in [2.05, 4.69) is 58.9 Å². The smallest absolute Gasteiger partial charge is 0.165 e. The van der Waals surface area contributed by atoms with Crippen LogP contribution in [0.3, 0.4) is 0 Å². The van der Waals surface area contributed by atoms with Crippen molar-refractivity contribution in [2.45, 2.75) is 20.3 Å². The van der Waals surface area contributed by atoms with E-state index in [1.165, 1.54) is 11.3 Å². The van der Waals surface area contributed by atoms with Gasteiger partial charge in [-0.25, -0.2) is 0 Å². The highest BCUT2D eigenvalue weighted by Crippen LogP contribution is 2.19. The lowest BCUT2D eigenvalue weighted by molar-refractivity contribution is 0.0984. The van der Waals surface area contributed by atoms with Crippen LogP contribution in [0.5, 0.6) is 0 Å². The minimum Gasteiger partial charge on any atom is -0.371 e. The van der Waals surface area contributed by atoms with Gasteiger partial charge in [0.25, 0.3) is 0 Å². The second kappa shape index (κ2) is 7.41. The van der Waals surface area contributed by atoms with Gasteiger partial charge >= 0.3 is 0 Å². The average molecular weight is 346 g/mol. The first-order valence-corrected chi connectivity index (χ1v) is 8.00. The van der Waals surface area contributed by atoms with Gasteiger partial charge < -0.3 is 4.90 Å². The molecule has 0 saturated carbocycles. The molecule has 0 radical (unpaired) electrons. The van der Waals surface area contributed by atoms with E-state index in [9.17, 15) is 4.79 Å². The van der Waals surface area contributed by atoms with Crippen molar-refractivity contribution in [3.05, 3.63) is 64.1 Å². The molecule has 0 aliphatic heterocycles. The number of rotatable bonds is 6. The SMILES string of the molecule is CCN(CCC(=O)c1ccccc1Br)c1cccc(C)c1. The first-order valence-electron chi connectivity index (χ1n) is 7.21. The van der Waals surface area contributed by atoms with Gasteiger partial charge in [0.05, 0.1) is 0 Å². The number of nitrogens with zero attached hydrogens (tertiary/aromatic N) is 1. The molecule has 21 heavy (non-hydrogen) atoms. The molecule has 110 valence electrons. The number of hydrogen-bond donors (Lipinski definition) is 0. The summed E-state index contributed by atoms with van der Waals surface area (Å²) in [5.41, 5.74) is 3.18. The quantitative estimate of drug-likeness (QED) is 0.697. The van der Waals surface area contributed by atoms with Gasteiger partial charge in [-0.3, -0.25) is 4.79 Å². The van der Waals surface area contributed by atoms with Crippen molar-refractivity contribution in [1.82, 2.24) is 0 Å². The molecule has 2 rings (SSSR count). The van der Waals surface area contributed by atoms with Crippen LogP contribution in [0.25, 0.3) is 0 Å². The fourth-order valence-corrected chi connectivity index (χ4v) is 2.86. The zero-order chi connectivity index (χ0) is 15.2. The Morgan fingerprint density at radius 1 is 1.14 bits per heavy atom. The molecule has 0 amide bonds. The van der Waals surface area contributed by atoms with E-state index in [0.29, 0.717) is 6.42 Å². The van der Waals surface area contributed by atoms with Crippen molar-refractivity contribution in [2.75, 3.05) is 18.0 Å². The Balaban J connectivity index is 2.04. The van der Waals surface area contributed by atoms with Crippen molar-refractivity contribution in [3.63, 3.8) is 0 Å². The van der Waals surface area contributed by atoms with Crippen LogP contribution in [-0.4, -0.2) is 18.9 Å². The number of anilines is 1. The second-order valence-corrected chi connectivity index (χ2v) is 5.93. The van der Waals surface area contributed by atoms with Crippen LogP contribution in [0, 0.1) is 6.92 Å². The van der Waals surface area contributed by atoms with Gasteiger partial charge in [-0.15, -0.1) is 0 Å². The Labute approximate surface area is 134 Å². The summed E-state index contributed by atoms with van der Waals surface area (Å²) in [6, 6.07) is 16.0. The van der Waals surface area contributed by atoms with Gasteiger partial charge in [0.2, 0.25) is 0 Å². The predicted octanol–water partition coefficient (Wildman–Crippen LogP) is 4.86. The highest BCUT2D eigenvalue weighted by atomic mass is 79.9. The highest BCUT2D eigenvalue weighted by Gasteiger charge is 2.12. The summed E-state index contributed by atoms with van der Waals surface area (Å²) in [6.07, 6.45) is 0.518. The number of benzene rings is 2. The largest absolute Gasteiger partial charge is 0.371 e. The minimum absolute atomic E-state index is 0.175. The molecule has 0 heterocycles. The van der Waals surface area contributed by atoms with Gasteiger partial charge in [-0.2, -0.15) is 0 Å². The Kier molecular flexibility index (Phi) is 5.57. The number of ketones is 1. The first-order chi connectivity index (χ1) is 10.1. The zero-order valence-corrected chi connectivity index (χ0v) is 14.1. The fraction of sp³-hybridized carbons (Fsp3) is 0.278. The lowest BCUT2D eigenvalue weighted by atomic mass is 10.1. The van der Waals surface area contributed by atoms with E-state index >= 15 is 0 Å². The zero-order valence-electron chi connectivity index (χ0n) is 12.5. The van der Waals surface area contributed by atoms with E-state index in [1.54, 1.807) is 0 Å². The number of carbonyl (C=O) groups is 1. The summed E-state index contributed by atoms with van der Waals surface area (Å²) in [4.78, 5) is 14.6. The lowest BCUT2D eigenvalue weighted by Gasteiger charge is -2.23. The number of hydrogen-bond acceptors (Lipinski definition) is 2. The molecular formula is C18H20BrNO. The van der Waals surface area contributed by atoms with Gasteiger partial charge in [0.15, 0.2) is 5.78 Å². The van der Waals surface area contributed by atoms with Crippen molar-refractivity contribution in [1.29, 1.82) is 0 Å². The number of halogens is 1. The molecule has 2 nitrogen and oxygen atoms in total. The minimum atomic E-state index is 0.175. The van der Waals surface area contributed by atoms with E-state index < -0.39 is 0 Å². The first kappa shape index (κ1) is 15.8. The molecule has 0 aliphatic carbocycles. The topological polar surface area (TPSA) is 20.3 Å². The van der Waals surface area contributed by atoms with Crippen LogP contribution in [0.2, 0.25) is 0 Å². The molecular weight excluding hydrogens is 326 g/mol. The van der Waals surface area contributed by atoms with Crippen LogP contribution < -0.4 is 4.90 Å². The summed E-state index contributed by atoms with van der Waals surface area (Å²) in [5, 5.41) is 0. The van der Waals surface area contributed by atoms with Gasteiger partial charge in [-0.05, 0) is 37.6 Å². The van der Waals surface area contributed by atoms with Gasteiger partial charge in [0.1, 0.15) is 0 Å². The maximum absolute atomic E-state index is 12.3. The van der Waals surface area contributed by atoms with Crippen LogP contribution in [-0.2, 0) is 0 Å². The number of Topliss-reactive ketones (excluding diaryl/α,β-unsaturated/α-hetero) is 1. The summed E-state index contributed by atoms with van der Waals surface area (Å²) in [6.45, 7) is 5.83. The van der Waals surface area contributed by atoms with Gasteiger partial charge in [0, 0.05) is 35.2 Å². The van der Waals surface area contributed by atoms with Crippen molar-refractivity contribution in [2.24, 2.45) is 0 Å². The lowest BCUT2D eigenvalue weighted by Crippen LogP contribution is -2.25. The second-order valence-electron chi connectivity index (χ2n) is 5.07. The average Bonchev–Trinajstić information content (AvgIpc) is 2.48. The van der Waals surface area contributed by atoms with Crippen LogP contribution in [0.4, 0.5) is 5.69 Å². The molecule has 0 saturated heterocycles. The van der Waals surface area contributed by atoms with E-state index in [4.69, 9.17) is 0 Å². The Hall–Kier alpha value is -1.61. The predicted molar refractivity (Wildman–Crippen MR) is 92.2 cm³/mol. The molecule has 0 bridgehead atoms. The maximum Gasteiger partial charge on any atom is 0.165 e. The highest BCUT2D eigenvalue weighted by molar-refractivity contribution is 9.10. The molecule has 0 unspecified atom stereocenters.